The summed E-state index contributed by atoms with van der Waals surface area (Å²) in [4.78, 5) is 13.6. The molecule has 1 atom stereocenters. The van der Waals surface area contributed by atoms with Gasteiger partial charge in [0.2, 0.25) is 0 Å². The third-order valence-electron chi connectivity index (χ3n) is 4.22. The number of carbonyl (C=O) groups is 1. The highest BCUT2D eigenvalue weighted by atomic mass is 16.4. The Morgan fingerprint density at radius 2 is 1.79 bits per heavy atom. The topological polar surface area (TPSA) is 40.5 Å². The lowest BCUT2D eigenvalue weighted by Gasteiger charge is -2.43. The number of hydrogen-bond acceptors (Lipinski definition) is 2. The largest absolute Gasteiger partial charge is 0.481 e. The van der Waals surface area contributed by atoms with Gasteiger partial charge in [-0.1, -0.05) is 36.2 Å². The SMILES string of the molecule is Cc1ccc(C(C)(CC(=O)O)N2CCCCC2)cc1. The fourth-order valence-electron chi connectivity index (χ4n) is 2.99. The van der Waals surface area contributed by atoms with Gasteiger partial charge in [0.25, 0.3) is 0 Å². The van der Waals surface area contributed by atoms with E-state index in [9.17, 15) is 9.90 Å². The van der Waals surface area contributed by atoms with Gasteiger partial charge in [0, 0.05) is 0 Å². The van der Waals surface area contributed by atoms with Crippen LogP contribution >= 0.6 is 0 Å². The van der Waals surface area contributed by atoms with Gasteiger partial charge in [-0.15, -0.1) is 0 Å². The van der Waals surface area contributed by atoms with Crippen LogP contribution in [0.4, 0.5) is 0 Å². The van der Waals surface area contributed by atoms with Gasteiger partial charge < -0.3 is 5.11 Å². The first kappa shape index (κ1) is 14.1. The molecule has 1 aliphatic rings. The predicted octanol–water partition coefficient (Wildman–Crippen LogP) is 3.17. The average molecular weight is 261 g/mol. The highest BCUT2D eigenvalue weighted by Gasteiger charge is 2.36. The van der Waals surface area contributed by atoms with Crippen LogP contribution in [0.2, 0.25) is 0 Å². The highest BCUT2D eigenvalue weighted by Crippen LogP contribution is 2.34. The molecule has 3 heteroatoms. The zero-order chi connectivity index (χ0) is 13.9. The Kier molecular flexibility index (Phi) is 4.25. The van der Waals surface area contributed by atoms with E-state index >= 15 is 0 Å². The van der Waals surface area contributed by atoms with Gasteiger partial charge in [-0.2, -0.15) is 0 Å². The molecule has 1 aromatic rings. The number of likely N-dealkylation sites (tertiary alicyclic amines) is 1. The van der Waals surface area contributed by atoms with E-state index in [4.69, 9.17) is 0 Å². The molecule has 3 nitrogen and oxygen atoms in total. The second-order valence-electron chi connectivity index (χ2n) is 5.76. The molecule has 104 valence electrons. The smallest absolute Gasteiger partial charge is 0.305 e. The maximum atomic E-state index is 11.3. The summed E-state index contributed by atoms with van der Waals surface area (Å²) < 4.78 is 0. The molecule has 0 spiro atoms. The van der Waals surface area contributed by atoms with E-state index in [2.05, 4.69) is 43.0 Å². The second kappa shape index (κ2) is 5.74. The molecule has 2 rings (SSSR count). The van der Waals surface area contributed by atoms with Crippen LogP contribution in [0.5, 0.6) is 0 Å². The fourth-order valence-corrected chi connectivity index (χ4v) is 2.99. The number of carboxylic acid groups (broad SMARTS) is 1. The zero-order valence-electron chi connectivity index (χ0n) is 11.9. The summed E-state index contributed by atoms with van der Waals surface area (Å²) in [6, 6.07) is 8.29. The quantitative estimate of drug-likeness (QED) is 0.905. The van der Waals surface area contributed by atoms with Crippen molar-refractivity contribution in [3.8, 4) is 0 Å². The van der Waals surface area contributed by atoms with Crippen LogP contribution in [0.15, 0.2) is 24.3 Å². The lowest BCUT2D eigenvalue weighted by atomic mass is 9.85. The summed E-state index contributed by atoms with van der Waals surface area (Å²) in [5.74, 6) is -0.728. The number of benzene rings is 1. The lowest BCUT2D eigenvalue weighted by Crippen LogP contribution is -2.47. The minimum atomic E-state index is -0.728. The van der Waals surface area contributed by atoms with E-state index in [0.717, 1.165) is 18.7 Å². The van der Waals surface area contributed by atoms with E-state index in [1.165, 1.54) is 24.8 Å². The van der Waals surface area contributed by atoms with Gasteiger partial charge in [-0.25, -0.2) is 0 Å². The molecule has 1 heterocycles. The Hall–Kier alpha value is -1.35. The van der Waals surface area contributed by atoms with Gasteiger partial charge >= 0.3 is 5.97 Å². The standard InChI is InChI=1S/C16H23NO2/c1-13-6-8-14(9-7-13)16(2,12-15(18)19)17-10-4-3-5-11-17/h6-9H,3-5,10-12H2,1-2H3,(H,18,19). The van der Waals surface area contributed by atoms with Gasteiger partial charge in [0.15, 0.2) is 0 Å². The normalized spacial score (nSPS) is 19.9. The molecule has 0 aromatic heterocycles. The molecular weight excluding hydrogens is 238 g/mol. The van der Waals surface area contributed by atoms with Gasteiger partial charge in [0.1, 0.15) is 0 Å². The number of aryl methyl sites for hydroxylation is 1. The lowest BCUT2D eigenvalue weighted by molar-refractivity contribution is -0.140. The van der Waals surface area contributed by atoms with E-state index in [-0.39, 0.29) is 12.0 Å². The maximum absolute atomic E-state index is 11.3. The van der Waals surface area contributed by atoms with Gasteiger partial charge in [-0.05, 0) is 45.3 Å². The molecule has 1 saturated heterocycles. The predicted molar refractivity (Wildman–Crippen MR) is 76.2 cm³/mol. The Balaban J connectivity index is 2.32. The summed E-state index contributed by atoms with van der Waals surface area (Å²) in [5, 5.41) is 9.27. The number of nitrogens with zero attached hydrogens (tertiary/aromatic N) is 1. The summed E-state index contributed by atoms with van der Waals surface area (Å²) in [7, 11) is 0. The first-order valence-corrected chi connectivity index (χ1v) is 7.06. The molecule has 0 saturated carbocycles. The van der Waals surface area contributed by atoms with Crippen LogP contribution < -0.4 is 0 Å². The Morgan fingerprint density at radius 3 is 2.32 bits per heavy atom. The van der Waals surface area contributed by atoms with Crippen LogP contribution in [-0.2, 0) is 10.3 Å². The fraction of sp³-hybridized carbons (Fsp3) is 0.562. The minimum Gasteiger partial charge on any atom is -0.481 e. The van der Waals surface area contributed by atoms with Crippen molar-refractivity contribution in [1.82, 2.24) is 4.90 Å². The summed E-state index contributed by atoms with van der Waals surface area (Å²) in [6.45, 7) is 6.12. The molecule has 1 aromatic carbocycles. The first-order chi connectivity index (χ1) is 9.02. The van der Waals surface area contributed by atoms with Crippen LogP contribution in [0, 0.1) is 6.92 Å². The van der Waals surface area contributed by atoms with Crippen molar-refractivity contribution in [2.24, 2.45) is 0 Å². The molecule has 1 aliphatic heterocycles. The average Bonchev–Trinajstić information content (AvgIpc) is 2.39. The molecule has 1 fully saturated rings. The third kappa shape index (κ3) is 3.16. The molecule has 0 bridgehead atoms. The van der Waals surface area contributed by atoms with Crippen molar-refractivity contribution in [2.45, 2.75) is 45.1 Å². The summed E-state index contributed by atoms with van der Waals surface area (Å²) in [5.41, 5.74) is 1.93. The molecule has 19 heavy (non-hydrogen) atoms. The molecule has 1 unspecified atom stereocenters. The second-order valence-corrected chi connectivity index (χ2v) is 5.76. The zero-order valence-corrected chi connectivity index (χ0v) is 11.9. The number of carboxylic acids is 1. The van der Waals surface area contributed by atoms with Gasteiger partial charge in [-0.3, -0.25) is 9.69 Å². The van der Waals surface area contributed by atoms with Crippen molar-refractivity contribution >= 4 is 5.97 Å². The molecule has 0 aliphatic carbocycles. The Labute approximate surface area is 115 Å². The molecular formula is C16H23NO2. The third-order valence-corrected chi connectivity index (χ3v) is 4.22. The van der Waals surface area contributed by atoms with Crippen LogP contribution in [0.1, 0.15) is 43.7 Å². The number of piperidine rings is 1. The van der Waals surface area contributed by atoms with Crippen molar-refractivity contribution < 1.29 is 9.90 Å². The van der Waals surface area contributed by atoms with E-state index in [1.54, 1.807) is 0 Å². The number of rotatable bonds is 4. The van der Waals surface area contributed by atoms with E-state index in [1.807, 2.05) is 0 Å². The number of aliphatic carboxylic acids is 1. The minimum absolute atomic E-state index is 0.163. The first-order valence-electron chi connectivity index (χ1n) is 7.06. The van der Waals surface area contributed by atoms with Crippen molar-refractivity contribution in [2.75, 3.05) is 13.1 Å². The van der Waals surface area contributed by atoms with E-state index < -0.39 is 5.97 Å². The highest BCUT2D eigenvalue weighted by molar-refractivity contribution is 5.69. The monoisotopic (exact) mass is 261 g/mol. The van der Waals surface area contributed by atoms with E-state index in [0.29, 0.717) is 0 Å². The van der Waals surface area contributed by atoms with Crippen LogP contribution in [0.25, 0.3) is 0 Å². The maximum Gasteiger partial charge on any atom is 0.305 e. The van der Waals surface area contributed by atoms with Crippen molar-refractivity contribution in [3.05, 3.63) is 35.4 Å². The summed E-state index contributed by atoms with van der Waals surface area (Å²) in [6.07, 6.45) is 3.76. The summed E-state index contributed by atoms with van der Waals surface area (Å²) >= 11 is 0. The number of hydrogen-bond donors (Lipinski definition) is 1. The van der Waals surface area contributed by atoms with Crippen LogP contribution in [0.3, 0.4) is 0 Å². The van der Waals surface area contributed by atoms with Crippen LogP contribution in [-0.4, -0.2) is 29.1 Å². The van der Waals surface area contributed by atoms with Crippen molar-refractivity contribution in [1.29, 1.82) is 0 Å². The molecule has 1 N–H and O–H groups in total. The van der Waals surface area contributed by atoms with Gasteiger partial charge in [0.05, 0.1) is 12.0 Å². The van der Waals surface area contributed by atoms with Crippen molar-refractivity contribution in [3.63, 3.8) is 0 Å². The Morgan fingerprint density at radius 1 is 1.21 bits per heavy atom. The molecule has 0 amide bonds. The molecule has 0 radical (unpaired) electrons. The Bertz CT molecular complexity index is 435.